The highest BCUT2D eigenvalue weighted by Gasteiger charge is 2.41. The fraction of sp³-hybridized carbons (Fsp3) is 0.435. The third-order valence-electron chi connectivity index (χ3n) is 5.14. The second kappa shape index (κ2) is 8.94. The van der Waals surface area contributed by atoms with Gasteiger partial charge < -0.3 is 14.5 Å². The van der Waals surface area contributed by atoms with Gasteiger partial charge in [0.25, 0.3) is 0 Å². The average molecular weight is 367 g/mol. The van der Waals surface area contributed by atoms with E-state index < -0.39 is 5.72 Å². The Labute approximate surface area is 162 Å². The van der Waals surface area contributed by atoms with Crippen molar-refractivity contribution in [3.63, 3.8) is 0 Å². The van der Waals surface area contributed by atoms with Gasteiger partial charge in [-0.15, -0.1) is 0 Å². The summed E-state index contributed by atoms with van der Waals surface area (Å²) in [6.45, 7) is 5.35. The van der Waals surface area contributed by atoms with Crippen molar-refractivity contribution in [2.75, 3.05) is 13.7 Å². The van der Waals surface area contributed by atoms with Gasteiger partial charge in [0.1, 0.15) is 11.6 Å². The molecule has 1 aliphatic rings. The highest BCUT2D eigenvalue weighted by atomic mass is 16.7. The highest BCUT2D eigenvalue weighted by Crippen LogP contribution is 2.30. The van der Waals surface area contributed by atoms with Crippen LogP contribution in [-0.4, -0.2) is 30.1 Å². The number of hydrogen-bond acceptors (Lipinski definition) is 4. The molecule has 0 aromatic heterocycles. The Hall–Kier alpha value is -2.49. The Morgan fingerprint density at radius 1 is 1.00 bits per heavy atom. The quantitative estimate of drug-likeness (QED) is 0.624. The normalized spacial score (nSPS) is 18.9. The molecule has 0 aliphatic carbocycles. The van der Waals surface area contributed by atoms with Gasteiger partial charge in [0.05, 0.1) is 7.11 Å². The van der Waals surface area contributed by atoms with Crippen LogP contribution >= 0.6 is 0 Å². The molecule has 27 heavy (non-hydrogen) atoms. The van der Waals surface area contributed by atoms with Crippen molar-refractivity contribution < 1.29 is 9.57 Å². The zero-order chi connectivity index (χ0) is 19.1. The molecule has 144 valence electrons. The SMILES string of the molecule is CCCCN1C(CCc2ccc(OC)cc2)=NOC1(C)Cc1ccccc1. The van der Waals surface area contributed by atoms with Crippen LogP contribution in [0.1, 0.15) is 44.2 Å². The standard InChI is InChI=1S/C23H30N2O2/c1-4-5-17-25-22(16-13-19-11-14-21(26-3)15-12-19)24-27-23(25,2)18-20-9-7-6-8-10-20/h6-12,14-15H,4-5,13,16-18H2,1-3H3. The molecule has 0 bridgehead atoms. The first kappa shape index (κ1) is 19.3. The van der Waals surface area contributed by atoms with Crippen LogP contribution in [0.15, 0.2) is 59.8 Å². The maximum absolute atomic E-state index is 5.99. The molecule has 1 aliphatic heterocycles. The van der Waals surface area contributed by atoms with Gasteiger partial charge in [-0.2, -0.15) is 0 Å². The van der Waals surface area contributed by atoms with Gasteiger partial charge in [0.15, 0.2) is 0 Å². The van der Waals surface area contributed by atoms with Crippen molar-refractivity contribution >= 4 is 5.84 Å². The maximum atomic E-state index is 5.99. The third kappa shape index (κ3) is 4.82. The Kier molecular flexibility index (Phi) is 6.38. The number of aryl methyl sites for hydroxylation is 1. The van der Waals surface area contributed by atoms with E-state index in [9.17, 15) is 0 Å². The lowest BCUT2D eigenvalue weighted by Crippen LogP contribution is -2.48. The minimum Gasteiger partial charge on any atom is -0.497 e. The molecule has 4 nitrogen and oxygen atoms in total. The highest BCUT2D eigenvalue weighted by molar-refractivity contribution is 5.83. The summed E-state index contributed by atoms with van der Waals surface area (Å²) < 4.78 is 5.24. The molecule has 0 spiro atoms. The summed E-state index contributed by atoms with van der Waals surface area (Å²) in [5.41, 5.74) is 2.14. The second-order valence-corrected chi connectivity index (χ2v) is 7.29. The largest absolute Gasteiger partial charge is 0.497 e. The average Bonchev–Trinajstić information content (AvgIpc) is 3.01. The molecule has 1 unspecified atom stereocenters. The van der Waals surface area contributed by atoms with Gasteiger partial charge in [0, 0.05) is 19.4 Å². The molecule has 2 aromatic rings. The van der Waals surface area contributed by atoms with Crippen LogP contribution in [0.3, 0.4) is 0 Å². The molecule has 0 saturated carbocycles. The zero-order valence-corrected chi connectivity index (χ0v) is 16.6. The van der Waals surface area contributed by atoms with Crippen LogP contribution in [0, 0.1) is 0 Å². The summed E-state index contributed by atoms with van der Waals surface area (Å²) in [5.74, 6) is 1.94. The molecule has 0 N–H and O–H groups in total. The molecular formula is C23H30N2O2. The van der Waals surface area contributed by atoms with E-state index in [4.69, 9.17) is 9.57 Å². The number of unbranched alkanes of at least 4 members (excludes halogenated alkanes) is 1. The summed E-state index contributed by atoms with van der Waals surface area (Å²) in [4.78, 5) is 8.35. The topological polar surface area (TPSA) is 34.1 Å². The Balaban J connectivity index is 1.68. The summed E-state index contributed by atoms with van der Waals surface area (Å²) in [6.07, 6.45) is 4.93. The first-order valence-corrected chi connectivity index (χ1v) is 9.84. The molecular weight excluding hydrogens is 336 g/mol. The molecule has 0 fully saturated rings. The van der Waals surface area contributed by atoms with E-state index in [0.717, 1.165) is 50.2 Å². The zero-order valence-electron chi connectivity index (χ0n) is 16.6. The van der Waals surface area contributed by atoms with E-state index in [1.165, 1.54) is 11.1 Å². The lowest BCUT2D eigenvalue weighted by atomic mass is 10.0. The first-order valence-electron chi connectivity index (χ1n) is 9.84. The number of benzene rings is 2. The second-order valence-electron chi connectivity index (χ2n) is 7.29. The van der Waals surface area contributed by atoms with Crippen molar-refractivity contribution in [3.8, 4) is 5.75 Å². The van der Waals surface area contributed by atoms with Gasteiger partial charge in [-0.3, -0.25) is 0 Å². The lowest BCUT2D eigenvalue weighted by Gasteiger charge is -2.34. The van der Waals surface area contributed by atoms with Gasteiger partial charge >= 0.3 is 0 Å². The number of methoxy groups -OCH3 is 1. The molecule has 0 saturated heterocycles. The van der Waals surface area contributed by atoms with Crippen molar-refractivity contribution in [3.05, 3.63) is 65.7 Å². The number of amidine groups is 1. The number of ether oxygens (including phenoxy) is 1. The number of hydrogen-bond donors (Lipinski definition) is 0. The van der Waals surface area contributed by atoms with E-state index in [-0.39, 0.29) is 0 Å². The van der Waals surface area contributed by atoms with Crippen LogP contribution in [0.25, 0.3) is 0 Å². The maximum Gasteiger partial charge on any atom is 0.212 e. The molecule has 0 radical (unpaired) electrons. The van der Waals surface area contributed by atoms with Gasteiger partial charge in [-0.1, -0.05) is 61.0 Å². The van der Waals surface area contributed by atoms with Gasteiger partial charge in [0.2, 0.25) is 5.72 Å². The molecule has 1 atom stereocenters. The molecule has 1 heterocycles. The Morgan fingerprint density at radius 3 is 2.41 bits per heavy atom. The van der Waals surface area contributed by atoms with Crippen molar-refractivity contribution in [1.29, 1.82) is 0 Å². The van der Waals surface area contributed by atoms with E-state index in [0.29, 0.717) is 0 Å². The summed E-state index contributed by atoms with van der Waals surface area (Å²) in [7, 11) is 1.69. The van der Waals surface area contributed by atoms with E-state index >= 15 is 0 Å². The van der Waals surface area contributed by atoms with E-state index in [1.54, 1.807) is 7.11 Å². The van der Waals surface area contributed by atoms with Crippen LogP contribution in [-0.2, 0) is 17.7 Å². The summed E-state index contributed by atoms with van der Waals surface area (Å²) in [6, 6.07) is 18.8. The smallest absolute Gasteiger partial charge is 0.212 e. The van der Waals surface area contributed by atoms with Gasteiger partial charge in [-0.25, -0.2) is 0 Å². The monoisotopic (exact) mass is 366 g/mol. The van der Waals surface area contributed by atoms with Crippen molar-refractivity contribution in [2.24, 2.45) is 5.16 Å². The molecule has 2 aromatic carbocycles. The Morgan fingerprint density at radius 2 is 1.74 bits per heavy atom. The number of nitrogens with zero attached hydrogens (tertiary/aromatic N) is 2. The Bertz CT molecular complexity index is 743. The number of oxime groups is 1. The lowest BCUT2D eigenvalue weighted by molar-refractivity contribution is -0.0835. The van der Waals surface area contributed by atoms with Crippen LogP contribution < -0.4 is 4.74 Å². The molecule has 3 rings (SSSR count). The van der Waals surface area contributed by atoms with Crippen molar-refractivity contribution in [2.45, 2.75) is 51.7 Å². The summed E-state index contributed by atoms with van der Waals surface area (Å²) >= 11 is 0. The predicted octanol–water partition coefficient (Wildman–Crippen LogP) is 5.03. The van der Waals surface area contributed by atoms with Crippen LogP contribution in [0.5, 0.6) is 5.75 Å². The van der Waals surface area contributed by atoms with Crippen LogP contribution in [0.2, 0.25) is 0 Å². The molecule has 4 heteroatoms. The van der Waals surface area contributed by atoms with Gasteiger partial charge in [-0.05, 0) is 43.0 Å². The fourth-order valence-corrected chi connectivity index (χ4v) is 3.54. The van der Waals surface area contributed by atoms with E-state index in [2.05, 4.69) is 60.3 Å². The fourth-order valence-electron chi connectivity index (χ4n) is 3.54. The van der Waals surface area contributed by atoms with Crippen molar-refractivity contribution in [1.82, 2.24) is 4.90 Å². The van der Waals surface area contributed by atoms with Crippen LogP contribution in [0.4, 0.5) is 0 Å². The number of rotatable bonds is 9. The third-order valence-corrected chi connectivity index (χ3v) is 5.14. The predicted molar refractivity (Wildman–Crippen MR) is 110 cm³/mol. The molecule has 0 amide bonds. The first-order chi connectivity index (χ1) is 13.1. The minimum atomic E-state index is -0.411. The summed E-state index contributed by atoms with van der Waals surface area (Å²) in [5, 5.41) is 4.49. The van der Waals surface area contributed by atoms with E-state index in [1.807, 2.05) is 18.2 Å². The minimum absolute atomic E-state index is 0.411.